The second-order valence-corrected chi connectivity index (χ2v) is 5.90. The third-order valence-electron chi connectivity index (χ3n) is 4.35. The molecule has 8 nitrogen and oxygen atoms in total. The van der Waals surface area contributed by atoms with Crippen LogP contribution in [0.5, 0.6) is 0 Å². The number of H-pyrrole nitrogens is 1. The standard InChI is InChI=1S/C16H19N5O3/c1-19(12-6-3-2-4-7-12)11-13-8-5-9-20(13)16(22)15-14(21(23)24)10-17-18-15/h2-4,6-7,10,13H,5,8-9,11H2,1H3,(H,17,18)/t13-/m1/s1. The Morgan fingerprint density at radius 3 is 2.92 bits per heavy atom. The van der Waals surface area contributed by atoms with E-state index in [0.29, 0.717) is 13.1 Å². The maximum absolute atomic E-state index is 12.7. The van der Waals surface area contributed by atoms with Crippen molar-refractivity contribution in [2.45, 2.75) is 18.9 Å². The van der Waals surface area contributed by atoms with Gasteiger partial charge in [0.15, 0.2) is 0 Å². The van der Waals surface area contributed by atoms with Crippen molar-refractivity contribution in [2.75, 3.05) is 25.0 Å². The van der Waals surface area contributed by atoms with Crippen LogP contribution in [0.4, 0.5) is 11.4 Å². The van der Waals surface area contributed by atoms with E-state index < -0.39 is 4.92 Å². The van der Waals surface area contributed by atoms with Gasteiger partial charge in [0, 0.05) is 31.9 Å². The SMILES string of the molecule is CN(C[C@H]1CCCN1C(=O)c1[nH]ncc1[N+](=O)[O-])c1ccccc1. The van der Waals surface area contributed by atoms with Gasteiger partial charge in [-0.1, -0.05) is 18.2 Å². The zero-order chi connectivity index (χ0) is 17.1. The molecule has 1 atom stereocenters. The number of nitrogens with zero attached hydrogens (tertiary/aromatic N) is 4. The van der Waals surface area contributed by atoms with E-state index in [4.69, 9.17) is 0 Å². The molecule has 1 aliphatic heterocycles. The Morgan fingerprint density at radius 2 is 2.21 bits per heavy atom. The minimum Gasteiger partial charge on any atom is -0.373 e. The van der Waals surface area contributed by atoms with E-state index in [1.807, 2.05) is 37.4 Å². The molecular formula is C16H19N5O3. The number of nitrogens with one attached hydrogen (secondary N) is 1. The number of benzene rings is 1. The molecule has 1 aliphatic rings. The number of likely N-dealkylation sites (N-methyl/N-ethyl adjacent to an activating group) is 1. The smallest absolute Gasteiger partial charge is 0.319 e. The molecule has 0 unspecified atom stereocenters. The lowest BCUT2D eigenvalue weighted by molar-refractivity contribution is -0.385. The first-order valence-corrected chi connectivity index (χ1v) is 7.83. The van der Waals surface area contributed by atoms with Crippen LogP contribution < -0.4 is 4.90 Å². The van der Waals surface area contributed by atoms with Gasteiger partial charge in [0.2, 0.25) is 5.69 Å². The molecule has 1 fully saturated rings. The highest BCUT2D eigenvalue weighted by Gasteiger charge is 2.34. The molecule has 1 amide bonds. The number of nitro groups is 1. The van der Waals surface area contributed by atoms with Crippen LogP contribution in [-0.4, -0.2) is 52.1 Å². The van der Waals surface area contributed by atoms with Crippen molar-refractivity contribution in [3.8, 4) is 0 Å². The average Bonchev–Trinajstić information content (AvgIpc) is 3.24. The fourth-order valence-corrected chi connectivity index (χ4v) is 3.12. The lowest BCUT2D eigenvalue weighted by atomic mass is 10.2. The molecule has 2 aromatic rings. The summed E-state index contributed by atoms with van der Waals surface area (Å²) < 4.78 is 0. The number of carbonyl (C=O) groups is 1. The summed E-state index contributed by atoms with van der Waals surface area (Å²) in [6, 6.07) is 9.95. The molecule has 1 N–H and O–H groups in total. The number of hydrogen-bond donors (Lipinski definition) is 1. The van der Waals surface area contributed by atoms with E-state index >= 15 is 0 Å². The quantitative estimate of drug-likeness (QED) is 0.669. The lowest BCUT2D eigenvalue weighted by Gasteiger charge is -2.29. The predicted molar refractivity (Wildman–Crippen MR) is 89.0 cm³/mol. The van der Waals surface area contributed by atoms with E-state index in [0.717, 1.165) is 24.7 Å². The number of aromatic amines is 1. The second-order valence-electron chi connectivity index (χ2n) is 5.90. The molecule has 0 saturated carbocycles. The van der Waals surface area contributed by atoms with Gasteiger partial charge in [0.25, 0.3) is 5.91 Å². The average molecular weight is 329 g/mol. The van der Waals surface area contributed by atoms with Crippen molar-refractivity contribution in [3.63, 3.8) is 0 Å². The van der Waals surface area contributed by atoms with E-state index in [2.05, 4.69) is 15.1 Å². The molecule has 8 heteroatoms. The second kappa shape index (κ2) is 6.69. The molecular weight excluding hydrogens is 310 g/mol. The van der Waals surface area contributed by atoms with Crippen LogP contribution in [0, 0.1) is 10.1 Å². The van der Waals surface area contributed by atoms with Gasteiger partial charge in [-0.25, -0.2) is 0 Å². The Labute approximate surface area is 139 Å². The van der Waals surface area contributed by atoms with Crippen LogP contribution in [-0.2, 0) is 0 Å². The number of hydrogen-bond acceptors (Lipinski definition) is 5. The normalized spacial score (nSPS) is 17.0. The molecule has 126 valence electrons. The summed E-state index contributed by atoms with van der Waals surface area (Å²) in [6.45, 7) is 1.28. The zero-order valence-corrected chi connectivity index (χ0v) is 13.4. The number of anilines is 1. The third-order valence-corrected chi connectivity index (χ3v) is 4.35. The van der Waals surface area contributed by atoms with E-state index in [1.54, 1.807) is 4.90 Å². The topological polar surface area (TPSA) is 95.4 Å². The van der Waals surface area contributed by atoms with E-state index in [-0.39, 0.29) is 23.3 Å². The van der Waals surface area contributed by atoms with Gasteiger partial charge in [-0.05, 0) is 25.0 Å². The number of carbonyl (C=O) groups excluding carboxylic acids is 1. The molecule has 1 saturated heterocycles. The van der Waals surface area contributed by atoms with Crippen molar-refractivity contribution >= 4 is 17.3 Å². The third kappa shape index (κ3) is 3.08. The monoisotopic (exact) mass is 329 g/mol. The summed E-state index contributed by atoms with van der Waals surface area (Å²) in [5.41, 5.74) is 0.751. The first-order chi connectivity index (χ1) is 11.6. The molecule has 0 spiro atoms. The Bertz CT molecular complexity index is 730. The largest absolute Gasteiger partial charge is 0.373 e. The van der Waals surface area contributed by atoms with Crippen molar-refractivity contribution in [1.29, 1.82) is 0 Å². The van der Waals surface area contributed by atoms with Gasteiger partial charge in [0.1, 0.15) is 6.20 Å². The van der Waals surface area contributed by atoms with Crippen molar-refractivity contribution in [3.05, 3.63) is 52.3 Å². The molecule has 0 aliphatic carbocycles. The minimum atomic E-state index is -0.585. The highest BCUT2D eigenvalue weighted by Crippen LogP contribution is 2.25. The van der Waals surface area contributed by atoms with Crippen LogP contribution in [0.15, 0.2) is 36.5 Å². The van der Waals surface area contributed by atoms with Gasteiger partial charge >= 0.3 is 5.69 Å². The number of para-hydroxylation sites is 1. The summed E-state index contributed by atoms with van der Waals surface area (Å²) in [7, 11) is 1.98. The van der Waals surface area contributed by atoms with Crippen molar-refractivity contribution < 1.29 is 9.72 Å². The van der Waals surface area contributed by atoms with Gasteiger partial charge in [-0.2, -0.15) is 5.10 Å². The summed E-state index contributed by atoms with van der Waals surface area (Å²) in [5, 5.41) is 17.1. The maximum Gasteiger partial charge on any atom is 0.319 e. The summed E-state index contributed by atoms with van der Waals surface area (Å²) in [6.07, 6.45) is 2.85. The van der Waals surface area contributed by atoms with Gasteiger partial charge in [-0.15, -0.1) is 0 Å². The first-order valence-electron chi connectivity index (χ1n) is 7.83. The molecule has 2 heterocycles. The highest BCUT2D eigenvalue weighted by molar-refractivity contribution is 5.96. The van der Waals surface area contributed by atoms with Crippen molar-refractivity contribution in [2.24, 2.45) is 0 Å². The van der Waals surface area contributed by atoms with E-state index in [1.165, 1.54) is 0 Å². The number of amides is 1. The van der Waals surface area contributed by atoms with Crippen LogP contribution in [0.3, 0.4) is 0 Å². The molecule has 24 heavy (non-hydrogen) atoms. The molecule has 1 aromatic heterocycles. The maximum atomic E-state index is 12.7. The van der Waals surface area contributed by atoms with Crippen LogP contribution in [0.2, 0.25) is 0 Å². The van der Waals surface area contributed by atoms with Crippen molar-refractivity contribution in [1.82, 2.24) is 15.1 Å². The highest BCUT2D eigenvalue weighted by atomic mass is 16.6. The fourth-order valence-electron chi connectivity index (χ4n) is 3.12. The molecule has 1 aromatic carbocycles. The summed E-state index contributed by atoms with van der Waals surface area (Å²) in [4.78, 5) is 26.9. The first kappa shape index (κ1) is 16.0. The van der Waals surface area contributed by atoms with E-state index in [9.17, 15) is 14.9 Å². The summed E-state index contributed by atoms with van der Waals surface area (Å²) in [5.74, 6) is -0.358. The lowest BCUT2D eigenvalue weighted by Crippen LogP contribution is -2.42. The Kier molecular flexibility index (Phi) is 4.45. The van der Waals surface area contributed by atoms with Gasteiger partial charge in [-0.3, -0.25) is 20.0 Å². The number of aromatic nitrogens is 2. The Hall–Kier alpha value is -2.90. The van der Waals surface area contributed by atoms with Crippen LogP contribution in [0.1, 0.15) is 23.3 Å². The molecule has 0 bridgehead atoms. The van der Waals surface area contributed by atoms with Crippen LogP contribution in [0.25, 0.3) is 0 Å². The number of likely N-dealkylation sites (tertiary alicyclic amines) is 1. The Morgan fingerprint density at radius 1 is 1.46 bits per heavy atom. The van der Waals surface area contributed by atoms with Gasteiger partial charge in [0.05, 0.1) is 4.92 Å². The van der Waals surface area contributed by atoms with Crippen LogP contribution >= 0.6 is 0 Å². The fraction of sp³-hybridized carbons (Fsp3) is 0.375. The predicted octanol–water partition coefficient (Wildman–Crippen LogP) is 2.06. The number of rotatable bonds is 5. The molecule has 0 radical (unpaired) electrons. The van der Waals surface area contributed by atoms with Gasteiger partial charge < -0.3 is 9.80 Å². The summed E-state index contributed by atoms with van der Waals surface area (Å²) >= 11 is 0. The minimum absolute atomic E-state index is 0.0191. The molecule has 3 rings (SSSR count). The zero-order valence-electron chi connectivity index (χ0n) is 13.4. The Balaban J connectivity index is 1.74.